The summed E-state index contributed by atoms with van der Waals surface area (Å²) < 4.78 is 4.97. The van der Waals surface area contributed by atoms with Gasteiger partial charge in [0.05, 0.1) is 12.0 Å². The number of likely N-dealkylation sites (N-methyl/N-ethyl adjacent to an activating group) is 1. The van der Waals surface area contributed by atoms with Gasteiger partial charge in [0.1, 0.15) is 0 Å². The third-order valence-corrected chi connectivity index (χ3v) is 2.13. The summed E-state index contributed by atoms with van der Waals surface area (Å²) in [6.45, 7) is 0.702. The standard InChI is InChI=1S/C10H14N2O3/c1-11-7-6-8-4-3-5-9(15-2)10(8)12(13)14/h3-5,11H,6-7H2,1-2H3. The first-order valence-corrected chi connectivity index (χ1v) is 4.65. The van der Waals surface area contributed by atoms with E-state index in [1.807, 2.05) is 7.05 Å². The maximum atomic E-state index is 10.9. The molecule has 0 saturated carbocycles. The minimum Gasteiger partial charge on any atom is -0.490 e. The molecule has 0 aliphatic heterocycles. The summed E-state index contributed by atoms with van der Waals surface area (Å²) in [7, 11) is 3.25. The van der Waals surface area contributed by atoms with Crippen molar-refractivity contribution in [1.82, 2.24) is 5.32 Å². The van der Waals surface area contributed by atoms with Crippen molar-refractivity contribution in [2.75, 3.05) is 20.7 Å². The molecule has 1 rings (SSSR count). The average Bonchev–Trinajstić information content (AvgIpc) is 2.25. The number of nitrogens with zero attached hydrogens (tertiary/aromatic N) is 1. The van der Waals surface area contributed by atoms with E-state index in [2.05, 4.69) is 5.32 Å². The Bertz CT molecular complexity index is 353. The van der Waals surface area contributed by atoms with E-state index in [0.29, 0.717) is 24.3 Å². The second kappa shape index (κ2) is 5.31. The lowest BCUT2D eigenvalue weighted by Gasteiger charge is -2.06. The van der Waals surface area contributed by atoms with Gasteiger partial charge in [-0.25, -0.2) is 0 Å². The van der Waals surface area contributed by atoms with Gasteiger partial charge in [0.15, 0.2) is 5.75 Å². The molecule has 0 aromatic heterocycles. The van der Waals surface area contributed by atoms with E-state index in [4.69, 9.17) is 4.74 Å². The molecule has 0 atom stereocenters. The molecule has 0 fully saturated rings. The van der Waals surface area contributed by atoms with Crippen LogP contribution >= 0.6 is 0 Å². The highest BCUT2D eigenvalue weighted by molar-refractivity contribution is 5.52. The molecule has 1 aromatic carbocycles. The topological polar surface area (TPSA) is 64.4 Å². The Morgan fingerprint density at radius 2 is 2.27 bits per heavy atom. The molecule has 0 heterocycles. The van der Waals surface area contributed by atoms with Gasteiger partial charge in [0.25, 0.3) is 0 Å². The number of nitrogens with one attached hydrogen (secondary N) is 1. The average molecular weight is 210 g/mol. The highest BCUT2D eigenvalue weighted by Gasteiger charge is 2.19. The first-order valence-electron chi connectivity index (χ1n) is 4.65. The van der Waals surface area contributed by atoms with Crippen LogP contribution in [0.3, 0.4) is 0 Å². The van der Waals surface area contributed by atoms with Crippen molar-refractivity contribution in [2.45, 2.75) is 6.42 Å². The molecule has 0 radical (unpaired) electrons. The van der Waals surface area contributed by atoms with Gasteiger partial charge >= 0.3 is 5.69 Å². The van der Waals surface area contributed by atoms with Crippen LogP contribution in [-0.4, -0.2) is 25.6 Å². The minimum atomic E-state index is -0.399. The fourth-order valence-electron chi connectivity index (χ4n) is 1.40. The van der Waals surface area contributed by atoms with Crippen LogP contribution in [0.5, 0.6) is 5.75 Å². The molecule has 5 heteroatoms. The summed E-state index contributed by atoms with van der Waals surface area (Å²) in [5, 5.41) is 13.8. The van der Waals surface area contributed by atoms with Crippen molar-refractivity contribution in [2.24, 2.45) is 0 Å². The molecule has 0 saturated heterocycles. The third-order valence-electron chi connectivity index (χ3n) is 2.13. The lowest BCUT2D eigenvalue weighted by molar-refractivity contribution is -0.386. The van der Waals surface area contributed by atoms with E-state index < -0.39 is 4.92 Å². The molecular formula is C10H14N2O3. The minimum absolute atomic E-state index is 0.0650. The summed E-state index contributed by atoms with van der Waals surface area (Å²) in [5.41, 5.74) is 0.754. The summed E-state index contributed by atoms with van der Waals surface area (Å²) >= 11 is 0. The second-order valence-corrected chi connectivity index (χ2v) is 3.08. The Labute approximate surface area is 88.2 Å². The summed E-state index contributed by atoms with van der Waals surface area (Å²) in [5.74, 6) is 0.314. The van der Waals surface area contributed by atoms with Gasteiger partial charge in [-0.15, -0.1) is 0 Å². The molecule has 5 nitrogen and oxygen atoms in total. The SMILES string of the molecule is CNCCc1cccc(OC)c1[N+](=O)[O-]. The van der Waals surface area contributed by atoms with Gasteiger partial charge in [-0.2, -0.15) is 0 Å². The molecule has 0 amide bonds. The monoisotopic (exact) mass is 210 g/mol. The Kier molecular flexibility index (Phi) is 4.05. The normalized spacial score (nSPS) is 10.0. The fourth-order valence-corrected chi connectivity index (χ4v) is 1.40. The maximum absolute atomic E-state index is 10.9. The van der Waals surface area contributed by atoms with Gasteiger partial charge < -0.3 is 10.1 Å². The lowest BCUT2D eigenvalue weighted by atomic mass is 10.1. The number of hydrogen-bond acceptors (Lipinski definition) is 4. The smallest absolute Gasteiger partial charge is 0.314 e. The number of ether oxygens (including phenoxy) is 1. The quantitative estimate of drug-likeness (QED) is 0.588. The number of para-hydroxylation sites is 1. The van der Waals surface area contributed by atoms with E-state index >= 15 is 0 Å². The predicted octanol–water partition coefficient (Wildman–Crippen LogP) is 1.37. The predicted molar refractivity (Wildman–Crippen MR) is 57.3 cm³/mol. The number of benzene rings is 1. The van der Waals surface area contributed by atoms with Crippen molar-refractivity contribution in [3.05, 3.63) is 33.9 Å². The molecule has 1 N–H and O–H groups in total. The van der Waals surface area contributed by atoms with E-state index in [9.17, 15) is 10.1 Å². The zero-order valence-corrected chi connectivity index (χ0v) is 8.82. The number of hydrogen-bond donors (Lipinski definition) is 1. The Balaban J connectivity index is 3.07. The Morgan fingerprint density at radius 1 is 1.53 bits per heavy atom. The number of nitro benzene ring substituents is 1. The number of methoxy groups -OCH3 is 1. The first kappa shape index (κ1) is 11.5. The summed E-state index contributed by atoms with van der Waals surface area (Å²) in [4.78, 5) is 10.5. The first-order chi connectivity index (χ1) is 7.20. The van der Waals surface area contributed by atoms with E-state index in [0.717, 1.165) is 0 Å². The van der Waals surface area contributed by atoms with Crippen LogP contribution in [0.2, 0.25) is 0 Å². The van der Waals surface area contributed by atoms with Crippen LogP contribution < -0.4 is 10.1 Å². The van der Waals surface area contributed by atoms with Gasteiger partial charge in [0, 0.05) is 5.56 Å². The van der Waals surface area contributed by atoms with Crippen molar-refractivity contribution in [3.8, 4) is 5.75 Å². The zero-order chi connectivity index (χ0) is 11.3. The van der Waals surface area contributed by atoms with Crippen molar-refractivity contribution in [1.29, 1.82) is 0 Å². The van der Waals surface area contributed by atoms with Crippen LogP contribution in [0.25, 0.3) is 0 Å². The van der Waals surface area contributed by atoms with Gasteiger partial charge in [0.2, 0.25) is 0 Å². The largest absolute Gasteiger partial charge is 0.490 e. The van der Waals surface area contributed by atoms with Gasteiger partial charge in [-0.05, 0) is 26.1 Å². The van der Waals surface area contributed by atoms with Gasteiger partial charge in [-0.3, -0.25) is 10.1 Å². The molecule has 0 bridgehead atoms. The molecule has 1 aromatic rings. The molecule has 82 valence electrons. The molecule has 0 aliphatic carbocycles. The van der Waals surface area contributed by atoms with Gasteiger partial charge in [-0.1, -0.05) is 12.1 Å². The number of nitro groups is 1. The second-order valence-electron chi connectivity index (χ2n) is 3.08. The molecule has 0 aliphatic rings. The molecular weight excluding hydrogens is 196 g/mol. The van der Waals surface area contributed by atoms with Crippen LogP contribution in [0.1, 0.15) is 5.56 Å². The van der Waals surface area contributed by atoms with E-state index in [1.165, 1.54) is 7.11 Å². The molecule has 0 spiro atoms. The highest BCUT2D eigenvalue weighted by atomic mass is 16.6. The van der Waals surface area contributed by atoms with Crippen LogP contribution in [0, 0.1) is 10.1 Å². The van der Waals surface area contributed by atoms with Crippen LogP contribution in [0.4, 0.5) is 5.69 Å². The number of rotatable bonds is 5. The van der Waals surface area contributed by atoms with Crippen molar-refractivity contribution in [3.63, 3.8) is 0 Å². The van der Waals surface area contributed by atoms with E-state index in [1.54, 1.807) is 18.2 Å². The zero-order valence-electron chi connectivity index (χ0n) is 8.82. The third kappa shape index (κ3) is 2.66. The van der Waals surface area contributed by atoms with E-state index in [-0.39, 0.29) is 5.69 Å². The highest BCUT2D eigenvalue weighted by Crippen LogP contribution is 2.30. The summed E-state index contributed by atoms with van der Waals surface area (Å²) in [6, 6.07) is 5.11. The Morgan fingerprint density at radius 3 is 2.80 bits per heavy atom. The van der Waals surface area contributed by atoms with Crippen LogP contribution in [-0.2, 0) is 6.42 Å². The lowest BCUT2D eigenvalue weighted by Crippen LogP contribution is -2.11. The van der Waals surface area contributed by atoms with Crippen molar-refractivity contribution < 1.29 is 9.66 Å². The maximum Gasteiger partial charge on any atom is 0.314 e. The molecule has 15 heavy (non-hydrogen) atoms. The van der Waals surface area contributed by atoms with Crippen LogP contribution in [0.15, 0.2) is 18.2 Å². The molecule has 0 unspecified atom stereocenters. The summed E-state index contributed by atoms with van der Waals surface area (Å²) in [6.07, 6.45) is 0.615. The van der Waals surface area contributed by atoms with Crippen molar-refractivity contribution >= 4 is 5.69 Å². The Hall–Kier alpha value is -1.62. The fraction of sp³-hybridized carbons (Fsp3) is 0.400.